The molecule has 1 fully saturated rings. The van der Waals surface area contributed by atoms with Gasteiger partial charge in [-0.15, -0.1) is 11.3 Å². The summed E-state index contributed by atoms with van der Waals surface area (Å²) in [4.78, 5) is 35.7. The summed E-state index contributed by atoms with van der Waals surface area (Å²) in [5.74, 6) is 0.598. The van der Waals surface area contributed by atoms with E-state index in [2.05, 4.69) is 16.9 Å². The van der Waals surface area contributed by atoms with Crippen molar-refractivity contribution in [3.8, 4) is 0 Å². The van der Waals surface area contributed by atoms with Gasteiger partial charge in [-0.05, 0) is 26.3 Å². The minimum atomic E-state index is -0.558. The van der Waals surface area contributed by atoms with Gasteiger partial charge in [0.2, 0.25) is 5.91 Å². The van der Waals surface area contributed by atoms with Gasteiger partial charge in [0.05, 0.1) is 12.3 Å². The van der Waals surface area contributed by atoms with E-state index in [1.807, 2.05) is 13.8 Å². The SMILES string of the molecule is Cc1nc(SCC(=O)N2CCOC2=O)c2c(C)c(C)sc2n1. The Kier molecular flexibility index (Phi) is 4.05. The van der Waals surface area contributed by atoms with Crippen LogP contribution in [0.25, 0.3) is 10.2 Å². The van der Waals surface area contributed by atoms with Gasteiger partial charge in [-0.2, -0.15) is 0 Å². The van der Waals surface area contributed by atoms with Crippen LogP contribution < -0.4 is 0 Å². The monoisotopic (exact) mass is 337 g/mol. The summed E-state index contributed by atoms with van der Waals surface area (Å²) in [7, 11) is 0. The lowest BCUT2D eigenvalue weighted by molar-refractivity contribution is -0.125. The predicted molar refractivity (Wildman–Crippen MR) is 85.4 cm³/mol. The van der Waals surface area contributed by atoms with Gasteiger partial charge >= 0.3 is 6.09 Å². The molecule has 0 aromatic carbocycles. The number of aryl methyl sites for hydroxylation is 3. The number of amides is 2. The molecule has 0 spiro atoms. The number of hydrogen-bond donors (Lipinski definition) is 0. The van der Waals surface area contributed by atoms with E-state index in [9.17, 15) is 9.59 Å². The molecule has 8 heteroatoms. The summed E-state index contributed by atoms with van der Waals surface area (Å²) in [6.45, 7) is 6.53. The Hall–Kier alpha value is -1.67. The average molecular weight is 337 g/mol. The predicted octanol–water partition coefficient (Wildman–Crippen LogP) is 2.69. The van der Waals surface area contributed by atoms with E-state index < -0.39 is 6.09 Å². The maximum atomic E-state index is 12.1. The molecule has 2 amide bonds. The van der Waals surface area contributed by atoms with Gasteiger partial charge in [0, 0.05) is 10.3 Å². The van der Waals surface area contributed by atoms with Crippen molar-refractivity contribution in [1.29, 1.82) is 0 Å². The molecule has 1 saturated heterocycles. The number of thiophene rings is 1. The van der Waals surface area contributed by atoms with Crippen LogP contribution in [0.3, 0.4) is 0 Å². The molecule has 1 aliphatic rings. The molecule has 0 atom stereocenters. The van der Waals surface area contributed by atoms with Gasteiger partial charge in [-0.1, -0.05) is 11.8 Å². The molecule has 0 radical (unpaired) electrons. The van der Waals surface area contributed by atoms with Crippen LogP contribution >= 0.6 is 23.1 Å². The molecule has 1 aliphatic heterocycles. The second-order valence-electron chi connectivity index (χ2n) is 4.99. The number of fused-ring (bicyclic) bond motifs is 1. The topological polar surface area (TPSA) is 72.4 Å². The molecule has 6 nitrogen and oxygen atoms in total. The highest BCUT2D eigenvalue weighted by molar-refractivity contribution is 8.00. The zero-order valence-electron chi connectivity index (χ0n) is 12.5. The Balaban J connectivity index is 1.84. The number of thioether (sulfide) groups is 1. The lowest BCUT2D eigenvalue weighted by atomic mass is 10.2. The number of rotatable bonds is 3. The van der Waals surface area contributed by atoms with Crippen LogP contribution in [0.2, 0.25) is 0 Å². The Bertz CT molecular complexity index is 772. The molecule has 0 aliphatic carbocycles. The second-order valence-corrected chi connectivity index (χ2v) is 7.16. The first-order valence-corrected chi connectivity index (χ1v) is 8.62. The number of imide groups is 1. The number of aromatic nitrogens is 2. The summed E-state index contributed by atoms with van der Waals surface area (Å²) < 4.78 is 4.78. The van der Waals surface area contributed by atoms with Gasteiger partial charge in [0.1, 0.15) is 22.3 Å². The van der Waals surface area contributed by atoms with Gasteiger partial charge < -0.3 is 4.74 Å². The van der Waals surface area contributed by atoms with Crippen LogP contribution in [0, 0.1) is 20.8 Å². The summed E-state index contributed by atoms with van der Waals surface area (Å²) >= 11 is 2.98. The lowest BCUT2D eigenvalue weighted by Gasteiger charge is -2.10. The van der Waals surface area contributed by atoms with Crippen molar-refractivity contribution >= 4 is 45.3 Å². The van der Waals surface area contributed by atoms with Gasteiger partial charge in [-0.25, -0.2) is 19.7 Å². The lowest BCUT2D eigenvalue weighted by Crippen LogP contribution is -2.33. The third kappa shape index (κ3) is 2.68. The molecular weight excluding hydrogens is 322 g/mol. The summed E-state index contributed by atoms with van der Waals surface area (Å²) in [6.07, 6.45) is -0.558. The zero-order chi connectivity index (χ0) is 15.9. The third-order valence-electron chi connectivity index (χ3n) is 3.50. The van der Waals surface area contributed by atoms with Crippen molar-refractivity contribution in [2.75, 3.05) is 18.9 Å². The smallest absolute Gasteiger partial charge is 0.416 e. The molecule has 3 heterocycles. The number of carbonyl (C=O) groups is 2. The fourth-order valence-corrected chi connectivity index (χ4v) is 4.39. The minimum absolute atomic E-state index is 0.162. The van der Waals surface area contributed by atoms with E-state index >= 15 is 0 Å². The maximum absolute atomic E-state index is 12.1. The van der Waals surface area contributed by atoms with Crippen molar-refractivity contribution in [3.05, 3.63) is 16.3 Å². The van der Waals surface area contributed by atoms with Crippen molar-refractivity contribution in [3.63, 3.8) is 0 Å². The summed E-state index contributed by atoms with van der Waals surface area (Å²) in [6, 6.07) is 0. The number of hydrogen-bond acceptors (Lipinski definition) is 7. The molecule has 116 valence electrons. The second kappa shape index (κ2) is 5.85. The largest absolute Gasteiger partial charge is 0.447 e. The van der Waals surface area contributed by atoms with Crippen molar-refractivity contribution in [2.45, 2.75) is 25.8 Å². The van der Waals surface area contributed by atoms with Crippen LogP contribution in [0.5, 0.6) is 0 Å². The first-order valence-electron chi connectivity index (χ1n) is 6.81. The van der Waals surface area contributed by atoms with Crippen LogP contribution in [-0.4, -0.2) is 45.8 Å². The molecule has 22 heavy (non-hydrogen) atoms. The van der Waals surface area contributed by atoms with Crippen molar-refractivity contribution in [1.82, 2.24) is 14.9 Å². The van der Waals surface area contributed by atoms with Gasteiger partial charge in [-0.3, -0.25) is 4.79 Å². The maximum Gasteiger partial charge on any atom is 0.416 e. The zero-order valence-corrected chi connectivity index (χ0v) is 14.1. The Morgan fingerprint density at radius 3 is 2.82 bits per heavy atom. The first kappa shape index (κ1) is 15.2. The van der Waals surface area contributed by atoms with Crippen molar-refractivity contribution < 1.29 is 14.3 Å². The molecule has 0 unspecified atom stereocenters. The molecule has 3 rings (SSSR count). The van der Waals surface area contributed by atoms with E-state index in [-0.39, 0.29) is 18.3 Å². The fourth-order valence-electron chi connectivity index (χ4n) is 2.25. The quantitative estimate of drug-likeness (QED) is 0.633. The molecule has 2 aromatic heterocycles. The van der Waals surface area contributed by atoms with Crippen LogP contribution in [0.4, 0.5) is 4.79 Å². The number of ether oxygens (including phenoxy) is 1. The highest BCUT2D eigenvalue weighted by Gasteiger charge is 2.28. The Morgan fingerprint density at radius 2 is 2.14 bits per heavy atom. The van der Waals surface area contributed by atoms with E-state index in [0.29, 0.717) is 12.4 Å². The normalized spacial score (nSPS) is 14.7. The minimum Gasteiger partial charge on any atom is -0.447 e. The summed E-state index contributed by atoms with van der Waals surface area (Å²) in [5, 5.41) is 1.81. The fraction of sp³-hybridized carbons (Fsp3) is 0.429. The number of nitrogens with zero attached hydrogens (tertiary/aromatic N) is 3. The van der Waals surface area contributed by atoms with Crippen molar-refractivity contribution in [2.24, 2.45) is 0 Å². The van der Waals surface area contributed by atoms with E-state index in [1.54, 1.807) is 11.3 Å². The average Bonchev–Trinajstić information content (AvgIpc) is 3.00. The third-order valence-corrected chi connectivity index (χ3v) is 5.56. The van der Waals surface area contributed by atoms with Crippen LogP contribution in [0.15, 0.2) is 5.03 Å². The molecule has 0 saturated carbocycles. The Morgan fingerprint density at radius 1 is 1.36 bits per heavy atom. The molecule has 2 aromatic rings. The van der Waals surface area contributed by atoms with Gasteiger partial charge in [0.25, 0.3) is 0 Å². The van der Waals surface area contributed by atoms with Gasteiger partial charge in [0.15, 0.2) is 0 Å². The molecule has 0 bridgehead atoms. The number of carbonyl (C=O) groups excluding carboxylic acids is 2. The molecular formula is C14H15N3O3S2. The number of cyclic esters (lactones) is 1. The standard InChI is InChI=1S/C14H15N3O3S2/c1-7-8(2)22-13-11(7)12(15-9(3)16-13)21-6-10(18)17-4-5-20-14(17)19/h4-6H2,1-3H3. The first-order chi connectivity index (χ1) is 10.5. The van der Waals surface area contributed by atoms with E-state index in [1.165, 1.54) is 16.6 Å². The van der Waals surface area contributed by atoms with E-state index in [0.717, 1.165) is 25.7 Å². The highest BCUT2D eigenvalue weighted by atomic mass is 32.2. The highest BCUT2D eigenvalue weighted by Crippen LogP contribution is 2.35. The summed E-state index contributed by atoms with van der Waals surface area (Å²) in [5.41, 5.74) is 1.15. The van der Waals surface area contributed by atoms with Crippen LogP contribution in [0.1, 0.15) is 16.3 Å². The van der Waals surface area contributed by atoms with Crippen LogP contribution in [-0.2, 0) is 9.53 Å². The Labute approximate surface area is 135 Å². The molecule has 0 N–H and O–H groups in total. The van der Waals surface area contributed by atoms with E-state index in [4.69, 9.17) is 4.74 Å².